The first-order valence-corrected chi connectivity index (χ1v) is 8.13. The minimum absolute atomic E-state index is 0.399. The topological polar surface area (TPSA) is 204 Å². The average Bonchev–Trinajstić information content (AvgIpc) is 2.60. The van der Waals surface area contributed by atoms with Gasteiger partial charge in [-0.2, -0.15) is 0 Å². The van der Waals surface area contributed by atoms with Gasteiger partial charge in [0.2, 0.25) is 5.91 Å². The quantitative estimate of drug-likeness (QED) is 0.225. The summed E-state index contributed by atoms with van der Waals surface area (Å²) in [6.07, 6.45) is -11.0. The van der Waals surface area contributed by atoms with Gasteiger partial charge >= 0.3 is 0 Å². The third-order valence-electron chi connectivity index (χ3n) is 4.44. The fourth-order valence-electron chi connectivity index (χ4n) is 2.91. The smallest absolute Gasteiger partial charge is 0.217 e. The van der Waals surface area contributed by atoms with Crippen LogP contribution in [0, 0.1) is 0 Å². The van der Waals surface area contributed by atoms with Crippen LogP contribution in [0.2, 0.25) is 0 Å². The molecule has 152 valence electrons. The van der Waals surface area contributed by atoms with Crippen LogP contribution in [0.25, 0.3) is 0 Å². The number of carbonyl (C=O) groups is 1. The Morgan fingerprint density at radius 2 is 1.65 bits per heavy atom. The maximum Gasteiger partial charge on any atom is 0.217 e. The molecule has 0 radical (unpaired) electrons. The number of carbonyl (C=O) groups excluding carboxylic acids is 1. The number of ether oxygens (including phenoxy) is 3. The lowest BCUT2D eigenvalue weighted by Crippen LogP contribution is -2.65. The van der Waals surface area contributed by atoms with Crippen molar-refractivity contribution in [2.24, 2.45) is 5.73 Å². The number of aliphatic hydroxyl groups excluding tert-OH is 6. The van der Waals surface area contributed by atoms with Crippen molar-refractivity contribution in [2.75, 3.05) is 13.2 Å². The summed E-state index contributed by atoms with van der Waals surface area (Å²) in [6, 6.07) is -2.36. The lowest BCUT2D eigenvalue weighted by atomic mass is 9.96. The molecule has 2 rings (SSSR count). The van der Waals surface area contributed by atoms with E-state index in [0.717, 1.165) is 0 Å². The van der Waals surface area contributed by atoms with E-state index in [1.54, 1.807) is 0 Å². The van der Waals surface area contributed by atoms with Crippen LogP contribution >= 0.6 is 0 Å². The Hall–Kier alpha value is -0.930. The summed E-state index contributed by atoms with van der Waals surface area (Å²) < 4.78 is 15.9. The lowest BCUT2D eigenvalue weighted by molar-refractivity contribution is -0.296. The SMILES string of the molecule is CC(=O)N[C@H]1[C@H](OC[C@H]2O[C@H](O)[C@H](N)[C@@H](O)[C@@H]2O)O[C@H](CO)[C@@H](O)[C@@H]1O. The molecule has 2 heterocycles. The summed E-state index contributed by atoms with van der Waals surface area (Å²) in [5, 5.41) is 61.1. The van der Waals surface area contributed by atoms with Gasteiger partial charge in [-0.3, -0.25) is 4.79 Å². The third kappa shape index (κ3) is 4.48. The second-order valence-electron chi connectivity index (χ2n) is 6.39. The van der Waals surface area contributed by atoms with Gasteiger partial charge in [0.05, 0.1) is 19.3 Å². The molecule has 0 spiro atoms. The second kappa shape index (κ2) is 8.84. The van der Waals surface area contributed by atoms with Gasteiger partial charge < -0.3 is 55.9 Å². The van der Waals surface area contributed by atoms with Crippen LogP contribution in [0.3, 0.4) is 0 Å². The van der Waals surface area contributed by atoms with Crippen molar-refractivity contribution in [3.63, 3.8) is 0 Å². The maximum atomic E-state index is 11.3. The van der Waals surface area contributed by atoms with Crippen molar-refractivity contribution >= 4 is 5.91 Å². The molecular weight excluding hydrogens is 356 g/mol. The largest absolute Gasteiger partial charge is 0.394 e. The molecule has 0 bridgehead atoms. The minimum Gasteiger partial charge on any atom is -0.394 e. The molecule has 1 amide bonds. The van der Waals surface area contributed by atoms with Crippen LogP contribution in [-0.4, -0.2) is 111 Å². The van der Waals surface area contributed by atoms with E-state index in [-0.39, 0.29) is 0 Å². The zero-order chi connectivity index (χ0) is 19.6. The molecule has 2 fully saturated rings. The molecule has 0 saturated carbocycles. The second-order valence-corrected chi connectivity index (χ2v) is 6.39. The molecule has 10 atom stereocenters. The number of rotatable bonds is 5. The van der Waals surface area contributed by atoms with Crippen molar-refractivity contribution in [3.05, 3.63) is 0 Å². The zero-order valence-corrected chi connectivity index (χ0v) is 14.1. The average molecular weight is 382 g/mol. The summed E-state index contributed by atoms with van der Waals surface area (Å²) in [6.45, 7) is 0.180. The monoisotopic (exact) mass is 382 g/mol. The molecule has 0 aromatic rings. The molecule has 0 aromatic carbocycles. The van der Waals surface area contributed by atoms with Gasteiger partial charge in [-0.25, -0.2) is 0 Å². The highest BCUT2D eigenvalue weighted by atomic mass is 16.7. The van der Waals surface area contributed by atoms with Crippen molar-refractivity contribution < 1.29 is 49.6 Å². The van der Waals surface area contributed by atoms with Crippen LogP contribution in [0.5, 0.6) is 0 Å². The first kappa shape index (κ1) is 21.4. The number of aliphatic hydroxyl groups is 6. The summed E-state index contributed by atoms with van der Waals surface area (Å²) in [5.74, 6) is -0.522. The predicted molar refractivity (Wildman–Crippen MR) is 82.2 cm³/mol. The van der Waals surface area contributed by atoms with Crippen molar-refractivity contribution in [1.82, 2.24) is 5.32 Å². The molecule has 12 nitrogen and oxygen atoms in total. The zero-order valence-electron chi connectivity index (χ0n) is 14.1. The van der Waals surface area contributed by atoms with Gasteiger partial charge in [-0.15, -0.1) is 0 Å². The Balaban J connectivity index is 2.05. The predicted octanol–water partition coefficient (Wildman–Crippen LogP) is -5.29. The minimum atomic E-state index is -1.53. The molecule has 2 aliphatic rings. The van der Waals surface area contributed by atoms with Crippen LogP contribution in [0.1, 0.15) is 6.92 Å². The van der Waals surface area contributed by atoms with E-state index >= 15 is 0 Å². The van der Waals surface area contributed by atoms with E-state index < -0.39 is 80.4 Å². The fourth-order valence-corrected chi connectivity index (χ4v) is 2.91. The van der Waals surface area contributed by atoms with Crippen molar-refractivity contribution in [3.8, 4) is 0 Å². The van der Waals surface area contributed by atoms with Crippen molar-refractivity contribution in [2.45, 2.75) is 68.2 Å². The summed E-state index contributed by atoms with van der Waals surface area (Å²) >= 11 is 0. The highest BCUT2D eigenvalue weighted by Crippen LogP contribution is 2.24. The first-order chi connectivity index (χ1) is 12.2. The fraction of sp³-hybridized carbons (Fsp3) is 0.929. The molecule has 12 heteroatoms. The third-order valence-corrected chi connectivity index (χ3v) is 4.44. The Kier molecular flexibility index (Phi) is 7.27. The van der Waals surface area contributed by atoms with E-state index in [9.17, 15) is 35.4 Å². The first-order valence-electron chi connectivity index (χ1n) is 8.13. The summed E-state index contributed by atoms with van der Waals surface area (Å²) in [5.41, 5.74) is 5.47. The summed E-state index contributed by atoms with van der Waals surface area (Å²) in [7, 11) is 0. The van der Waals surface area contributed by atoms with Crippen molar-refractivity contribution in [1.29, 1.82) is 0 Å². The molecular formula is C14H26N2O10. The molecule has 26 heavy (non-hydrogen) atoms. The van der Waals surface area contributed by atoms with Gasteiger partial charge in [0, 0.05) is 6.92 Å². The maximum absolute atomic E-state index is 11.3. The van der Waals surface area contributed by atoms with Gasteiger partial charge in [-0.1, -0.05) is 0 Å². The molecule has 0 aromatic heterocycles. The molecule has 0 aliphatic carbocycles. The van der Waals surface area contributed by atoms with Crippen LogP contribution in [0.4, 0.5) is 0 Å². The number of nitrogens with one attached hydrogen (secondary N) is 1. The van der Waals surface area contributed by atoms with E-state index in [0.29, 0.717) is 0 Å². The van der Waals surface area contributed by atoms with Gasteiger partial charge in [0.25, 0.3) is 0 Å². The van der Waals surface area contributed by atoms with Gasteiger partial charge in [-0.05, 0) is 0 Å². The molecule has 0 unspecified atom stereocenters. The number of nitrogens with two attached hydrogens (primary N) is 1. The van der Waals surface area contributed by atoms with Crippen LogP contribution in [-0.2, 0) is 19.0 Å². The van der Waals surface area contributed by atoms with Crippen LogP contribution in [0.15, 0.2) is 0 Å². The highest BCUT2D eigenvalue weighted by Gasteiger charge is 2.47. The Morgan fingerprint density at radius 1 is 1.04 bits per heavy atom. The number of amides is 1. The molecule has 2 aliphatic heterocycles. The lowest BCUT2D eigenvalue weighted by Gasteiger charge is -2.43. The highest BCUT2D eigenvalue weighted by molar-refractivity contribution is 5.73. The Labute approximate surface area is 149 Å². The standard InChI is InChI=1S/C14H26N2O10/c1-4(18)16-8-12(22)9(19)5(2-17)26-14(8)24-3-6-10(20)11(21)7(15)13(23)25-6/h5-14,17,19-23H,2-3,15H2,1H3,(H,16,18)/t5-,6-,7-,8-,9-,10-,11-,12-,13+,14-/m1/s1. The van der Waals surface area contributed by atoms with E-state index in [1.165, 1.54) is 6.92 Å². The molecule has 9 N–H and O–H groups in total. The van der Waals surface area contributed by atoms with Gasteiger partial charge in [0.15, 0.2) is 12.6 Å². The number of hydrogen-bond acceptors (Lipinski definition) is 11. The van der Waals surface area contributed by atoms with E-state index in [1.807, 2.05) is 0 Å². The Bertz CT molecular complexity index is 483. The number of hydrogen-bond donors (Lipinski definition) is 8. The van der Waals surface area contributed by atoms with E-state index in [2.05, 4.69) is 5.32 Å². The van der Waals surface area contributed by atoms with E-state index in [4.69, 9.17) is 19.9 Å². The van der Waals surface area contributed by atoms with Gasteiger partial charge in [0.1, 0.15) is 42.7 Å². The Morgan fingerprint density at radius 3 is 2.23 bits per heavy atom. The molecule has 2 saturated heterocycles. The van der Waals surface area contributed by atoms with Crippen LogP contribution < -0.4 is 11.1 Å². The summed E-state index contributed by atoms with van der Waals surface area (Å²) in [4.78, 5) is 11.3. The normalized spacial score (nSPS) is 46.8.